The predicted molar refractivity (Wildman–Crippen MR) is 276 cm³/mol. The Labute approximate surface area is 442 Å². The molecule has 4 fully saturated rings. The molecule has 4 aliphatic carbocycles. The summed E-state index contributed by atoms with van der Waals surface area (Å²) in [6.07, 6.45) is 19.1. The molecule has 73 heavy (non-hydrogen) atoms. The van der Waals surface area contributed by atoms with Crippen LogP contribution in [0.1, 0.15) is 201 Å². The number of esters is 4. The third-order valence-electron chi connectivity index (χ3n) is 18.4. The van der Waals surface area contributed by atoms with E-state index in [9.17, 15) is 19.2 Å². The number of hydrogen-bond donors (Lipinski definition) is 0. The van der Waals surface area contributed by atoms with Gasteiger partial charge < -0.3 is 28.9 Å². The number of fused-ring (bicyclic) bond motifs is 16. The Hall–Kier alpha value is -4.90. The topological polar surface area (TPSA) is 159 Å². The first-order valence-electron chi connectivity index (χ1n) is 27.2. The Kier molecular flexibility index (Phi) is 13.7. The van der Waals surface area contributed by atoms with Crippen molar-refractivity contribution in [2.24, 2.45) is 45.3 Å². The fourth-order valence-corrected chi connectivity index (χ4v) is 13.8. The molecular formula is C60H72N4O8Zn. The van der Waals surface area contributed by atoms with Gasteiger partial charge in [0.05, 0.1) is 72.9 Å². The van der Waals surface area contributed by atoms with Gasteiger partial charge in [0, 0.05) is 23.7 Å². The van der Waals surface area contributed by atoms with E-state index in [1.54, 1.807) is 0 Å². The van der Waals surface area contributed by atoms with Crippen molar-refractivity contribution in [3.8, 4) is 0 Å². The fourth-order valence-electron chi connectivity index (χ4n) is 13.8. The molecule has 11 rings (SSSR count). The van der Waals surface area contributed by atoms with E-state index in [0.717, 1.165) is 99.3 Å². The normalized spacial score (nSPS) is 30.4. The van der Waals surface area contributed by atoms with E-state index >= 15 is 0 Å². The summed E-state index contributed by atoms with van der Waals surface area (Å²) >= 11 is 0. The fraction of sp³-hybridized carbons (Fsp3) is 0.600. The molecule has 0 amide bonds. The predicted octanol–water partition coefficient (Wildman–Crippen LogP) is 11.8. The summed E-state index contributed by atoms with van der Waals surface area (Å²) < 4.78 is 24.2. The molecule has 12 nitrogen and oxygen atoms in total. The van der Waals surface area contributed by atoms with Crippen LogP contribution < -0.4 is 9.97 Å². The number of aromatic nitrogens is 4. The van der Waals surface area contributed by atoms with Crippen LogP contribution in [0, 0.1) is 45.3 Å². The monoisotopic (exact) mass is 1040 g/mol. The molecule has 4 unspecified atom stereocenters. The van der Waals surface area contributed by atoms with Gasteiger partial charge in [0.2, 0.25) is 0 Å². The van der Waals surface area contributed by atoms with Crippen molar-refractivity contribution in [1.29, 1.82) is 0 Å². The van der Waals surface area contributed by atoms with Crippen LogP contribution in [-0.2, 0) is 57.6 Å². The minimum atomic E-state index is -0.461. The molecule has 0 spiro atoms. The second kappa shape index (κ2) is 19.3. The van der Waals surface area contributed by atoms with Crippen molar-refractivity contribution < 1.29 is 57.6 Å². The van der Waals surface area contributed by atoms with Crippen LogP contribution in [-0.4, -0.2) is 60.3 Å². The van der Waals surface area contributed by atoms with Gasteiger partial charge in [-0.25, -0.2) is 9.97 Å². The second-order valence-corrected chi connectivity index (χ2v) is 24.5. The maximum Gasteiger partial charge on any atom is 2.00 e. The number of ether oxygens (including phenoxy) is 4. The molecule has 7 heterocycles. The van der Waals surface area contributed by atoms with E-state index in [1.807, 2.05) is 48.6 Å². The van der Waals surface area contributed by atoms with Gasteiger partial charge in [0.1, 0.15) is 0 Å². The third kappa shape index (κ3) is 9.07. The van der Waals surface area contributed by atoms with E-state index < -0.39 is 45.3 Å². The molecular weight excluding hydrogens is 970 g/mol. The number of nitrogens with zero attached hydrogens (tertiary/aromatic N) is 4. The molecule has 4 aliphatic heterocycles. The Morgan fingerprint density at radius 1 is 0.356 bits per heavy atom. The largest absolute Gasteiger partial charge is 2.00 e. The Balaban J connectivity index is 0.00000611. The smallest absolute Gasteiger partial charge is 0.657 e. The molecule has 4 saturated carbocycles. The van der Waals surface area contributed by atoms with E-state index in [0.29, 0.717) is 71.3 Å². The van der Waals surface area contributed by atoms with E-state index in [4.69, 9.17) is 38.9 Å². The van der Waals surface area contributed by atoms with E-state index in [1.165, 1.54) is 0 Å². The van der Waals surface area contributed by atoms with Gasteiger partial charge in [-0.3, -0.25) is 19.2 Å². The maximum atomic E-state index is 14.2. The van der Waals surface area contributed by atoms with E-state index in [2.05, 4.69) is 55.4 Å². The van der Waals surface area contributed by atoms with Gasteiger partial charge in [-0.05, 0) is 93.9 Å². The average molecular weight is 1040 g/mol. The van der Waals surface area contributed by atoms with Gasteiger partial charge in [0.25, 0.3) is 0 Å². The van der Waals surface area contributed by atoms with Crippen molar-refractivity contribution in [1.82, 2.24) is 19.9 Å². The van der Waals surface area contributed by atoms with Crippen LogP contribution in [0.3, 0.4) is 0 Å². The second-order valence-electron chi connectivity index (χ2n) is 24.5. The Bertz CT molecular complexity index is 2570. The maximum absolute atomic E-state index is 14.2. The summed E-state index contributed by atoms with van der Waals surface area (Å²) in [7, 11) is 0. The first-order valence-corrected chi connectivity index (χ1v) is 27.2. The molecule has 0 radical (unpaired) electrons. The third-order valence-corrected chi connectivity index (χ3v) is 18.4. The minimum Gasteiger partial charge on any atom is -0.657 e. The van der Waals surface area contributed by atoms with Crippen molar-refractivity contribution in [2.45, 2.75) is 156 Å². The van der Waals surface area contributed by atoms with Gasteiger partial charge in [-0.2, -0.15) is 0 Å². The van der Waals surface area contributed by atoms with E-state index in [-0.39, 0.29) is 67.0 Å². The Morgan fingerprint density at radius 3 is 0.781 bits per heavy atom. The van der Waals surface area contributed by atoms with Gasteiger partial charge in [-0.1, -0.05) is 131 Å². The molecule has 0 saturated heterocycles. The quantitative estimate of drug-likeness (QED) is 0.0822. The SMILES string of the molecule is CC1(C)C2c3c4nc(c(c5ccc([n-]5)c5c6nc(c(c7ccc3[n-]7)C3[C@@H](C(=O)OCCCCCCCCOC(=O)[C@@H]7C5C7(C)C)C3(C)C)C=C6)C3[C@@H](C(=O)OCCCCCCCCOC(=O)[C@H]21)C3(C)C)C=C4.[Zn+2]. The first kappa shape index (κ1) is 51.6. The van der Waals surface area contributed by atoms with Crippen LogP contribution in [0.15, 0.2) is 24.3 Å². The standard InChI is InChI=1S/C60H72N4O8.Zn/c1-57(2)45-41-33-21-22-34(61-33)42(46-50(58(46,3)4)54(66)70-30-18-14-10-9-13-17-29-69-53(65)49(45)57)39-27-28-40(64-39)44-36-24-23-35(62-36)43(38-26-25-37(41)63-38)47-51(59(47,5)6)55(67)71-31-19-15-11-12-16-20-32-72-56(68)52-48(44)60(52,7)8;/h21-28,45-52H,9-20,29-32H2,1-8H3;/q-2;+2/t45?,46?,47?,48?,49-,50-,51-,52-;/m0./s1. The van der Waals surface area contributed by atoms with Gasteiger partial charge >= 0.3 is 43.4 Å². The van der Waals surface area contributed by atoms with Crippen LogP contribution in [0.4, 0.5) is 0 Å². The minimum absolute atomic E-state index is 0. The molecule has 382 valence electrons. The molecule has 0 N–H and O–H groups in total. The number of hydrogen-bond acceptors (Lipinski definition) is 10. The summed E-state index contributed by atoms with van der Waals surface area (Å²) in [5.74, 6) is -3.51. The summed E-state index contributed by atoms with van der Waals surface area (Å²) in [6.45, 7) is 18.5. The number of cyclic esters (lactones) is 4. The summed E-state index contributed by atoms with van der Waals surface area (Å²) in [5.41, 5.74) is 7.16. The van der Waals surface area contributed by atoms with Crippen LogP contribution in [0.5, 0.6) is 0 Å². The van der Waals surface area contributed by atoms with Crippen LogP contribution >= 0.6 is 0 Å². The van der Waals surface area contributed by atoms with Gasteiger partial charge in [-0.15, -0.1) is 22.1 Å². The number of rotatable bonds is 0. The first-order chi connectivity index (χ1) is 34.5. The zero-order chi connectivity index (χ0) is 50.5. The zero-order valence-electron chi connectivity index (χ0n) is 44.3. The molecule has 3 aromatic heterocycles. The number of carbonyl (C=O) groups is 4. The molecule has 12 bridgehead atoms. The summed E-state index contributed by atoms with van der Waals surface area (Å²) in [6, 6.07) is 8.11. The van der Waals surface area contributed by atoms with Gasteiger partial charge in [0.15, 0.2) is 0 Å². The molecule has 3 aromatic rings. The Morgan fingerprint density at radius 2 is 0.562 bits per heavy atom. The van der Waals surface area contributed by atoms with Crippen molar-refractivity contribution >= 4 is 70.2 Å². The summed E-state index contributed by atoms with van der Waals surface area (Å²) in [4.78, 5) is 78.7. The number of carbonyl (C=O) groups excluding carboxylic acids is 4. The summed E-state index contributed by atoms with van der Waals surface area (Å²) in [5, 5.41) is 0. The molecule has 8 atom stereocenters. The average Bonchev–Trinajstić information content (AvgIpc) is 3.95. The molecule has 8 aliphatic rings. The van der Waals surface area contributed by atoms with Crippen molar-refractivity contribution in [2.75, 3.05) is 26.4 Å². The van der Waals surface area contributed by atoms with Crippen LogP contribution in [0.2, 0.25) is 0 Å². The van der Waals surface area contributed by atoms with Crippen LogP contribution in [0.25, 0.3) is 46.4 Å². The molecule has 13 heteroatoms. The zero-order valence-corrected chi connectivity index (χ0v) is 47.3. The van der Waals surface area contributed by atoms with Crippen molar-refractivity contribution in [3.63, 3.8) is 0 Å². The molecule has 0 aromatic carbocycles. The van der Waals surface area contributed by atoms with Crippen molar-refractivity contribution in [3.05, 3.63) is 69.3 Å².